The van der Waals surface area contributed by atoms with Crippen molar-refractivity contribution >= 4 is 5.69 Å². The number of rotatable bonds is 3. The van der Waals surface area contributed by atoms with E-state index in [1.165, 1.54) is 0 Å². The van der Waals surface area contributed by atoms with Gasteiger partial charge in [0, 0.05) is 0 Å². The lowest BCUT2D eigenvalue weighted by atomic mass is 10.2. The summed E-state index contributed by atoms with van der Waals surface area (Å²) in [5, 5.41) is 0. The van der Waals surface area contributed by atoms with Gasteiger partial charge < -0.3 is 15.2 Å². The molecule has 16 heavy (non-hydrogen) atoms. The summed E-state index contributed by atoms with van der Waals surface area (Å²) in [5.74, 6) is 1.43. The van der Waals surface area contributed by atoms with E-state index in [9.17, 15) is 0 Å². The number of nitrogens with two attached hydrogens (primary N) is 1. The molecule has 1 fully saturated rings. The van der Waals surface area contributed by atoms with Crippen LogP contribution in [0, 0.1) is 0 Å². The Bertz CT molecular complexity index is 378. The molecule has 0 bridgehead atoms. The van der Waals surface area contributed by atoms with Gasteiger partial charge in [0.2, 0.25) is 0 Å². The summed E-state index contributed by atoms with van der Waals surface area (Å²) < 4.78 is 11.6. The molecule has 1 aromatic rings. The lowest BCUT2D eigenvalue weighted by Crippen LogP contribution is -2.23. The average Bonchev–Trinajstić information content (AvgIpc) is 2.92. The third-order valence-electron chi connectivity index (χ3n) is 2.23. The van der Waals surface area contributed by atoms with E-state index in [1.54, 1.807) is 0 Å². The van der Waals surface area contributed by atoms with E-state index in [-0.39, 0.29) is 5.60 Å². The van der Waals surface area contributed by atoms with E-state index in [0.29, 0.717) is 17.5 Å². The zero-order valence-electron chi connectivity index (χ0n) is 10.1. The Kier molecular flexibility index (Phi) is 2.70. The molecule has 1 aliphatic carbocycles. The first-order valence-corrected chi connectivity index (χ1v) is 5.70. The van der Waals surface area contributed by atoms with E-state index in [2.05, 4.69) is 0 Å². The minimum absolute atomic E-state index is 0.241. The molecule has 0 spiro atoms. The standard InChI is InChI=1S/C13H19NO2/c1-13(2,3)16-11-6-4-5-10(14)12(11)15-9-7-8-9/h4-6,9H,7-8,14H2,1-3H3. The maximum atomic E-state index is 5.91. The van der Waals surface area contributed by atoms with E-state index >= 15 is 0 Å². The first-order valence-electron chi connectivity index (χ1n) is 5.70. The number of para-hydroxylation sites is 1. The quantitative estimate of drug-likeness (QED) is 0.798. The van der Waals surface area contributed by atoms with E-state index < -0.39 is 0 Å². The van der Waals surface area contributed by atoms with Crippen LogP contribution in [0.25, 0.3) is 0 Å². The average molecular weight is 221 g/mol. The van der Waals surface area contributed by atoms with Crippen LogP contribution in [0.5, 0.6) is 11.5 Å². The summed E-state index contributed by atoms with van der Waals surface area (Å²) in [6.07, 6.45) is 2.55. The first-order chi connectivity index (χ1) is 7.46. The third-order valence-corrected chi connectivity index (χ3v) is 2.23. The number of hydrogen-bond donors (Lipinski definition) is 1. The van der Waals surface area contributed by atoms with Gasteiger partial charge in [-0.1, -0.05) is 6.07 Å². The van der Waals surface area contributed by atoms with E-state index in [4.69, 9.17) is 15.2 Å². The molecule has 0 heterocycles. The van der Waals surface area contributed by atoms with Gasteiger partial charge in [-0.25, -0.2) is 0 Å². The van der Waals surface area contributed by atoms with Crippen LogP contribution in [0.3, 0.4) is 0 Å². The van der Waals surface area contributed by atoms with Gasteiger partial charge in [0.15, 0.2) is 11.5 Å². The Labute approximate surface area is 96.5 Å². The van der Waals surface area contributed by atoms with Crippen LogP contribution in [0.2, 0.25) is 0 Å². The second-order valence-electron chi connectivity index (χ2n) is 5.21. The molecule has 2 rings (SSSR count). The molecule has 3 heteroatoms. The van der Waals surface area contributed by atoms with Gasteiger partial charge in [-0.15, -0.1) is 0 Å². The molecule has 0 amide bonds. The van der Waals surface area contributed by atoms with Crippen LogP contribution < -0.4 is 15.2 Å². The first kappa shape index (κ1) is 11.1. The normalized spacial score (nSPS) is 15.9. The van der Waals surface area contributed by atoms with Crippen LogP contribution in [0.15, 0.2) is 18.2 Å². The number of nitrogen functional groups attached to an aromatic ring is 1. The lowest BCUT2D eigenvalue weighted by molar-refractivity contribution is 0.123. The molecule has 0 radical (unpaired) electrons. The lowest BCUT2D eigenvalue weighted by Gasteiger charge is -2.23. The van der Waals surface area contributed by atoms with Crippen LogP contribution >= 0.6 is 0 Å². The van der Waals surface area contributed by atoms with Gasteiger partial charge in [-0.2, -0.15) is 0 Å². The molecule has 1 aliphatic rings. The highest BCUT2D eigenvalue weighted by molar-refractivity contribution is 5.60. The Balaban J connectivity index is 2.24. The summed E-state index contributed by atoms with van der Waals surface area (Å²) in [7, 11) is 0. The Morgan fingerprint density at radius 2 is 1.94 bits per heavy atom. The highest BCUT2D eigenvalue weighted by atomic mass is 16.5. The zero-order chi connectivity index (χ0) is 11.8. The van der Waals surface area contributed by atoms with Gasteiger partial charge >= 0.3 is 0 Å². The van der Waals surface area contributed by atoms with Crippen LogP contribution in [-0.2, 0) is 0 Å². The van der Waals surface area contributed by atoms with Crippen molar-refractivity contribution in [1.82, 2.24) is 0 Å². The molecule has 1 saturated carbocycles. The molecular weight excluding hydrogens is 202 g/mol. The fourth-order valence-electron chi connectivity index (χ4n) is 1.42. The van der Waals surface area contributed by atoms with Crippen molar-refractivity contribution < 1.29 is 9.47 Å². The summed E-state index contributed by atoms with van der Waals surface area (Å²) in [6.45, 7) is 6.03. The predicted octanol–water partition coefficient (Wildman–Crippen LogP) is 2.99. The molecular formula is C13H19NO2. The second-order valence-corrected chi connectivity index (χ2v) is 5.21. The fraction of sp³-hybridized carbons (Fsp3) is 0.538. The van der Waals surface area contributed by atoms with Gasteiger partial charge in [-0.05, 0) is 45.7 Å². The van der Waals surface area contributed by atoms with Crippen molar-refractivity contribution in [2.75, 3.05) is 5.73 Å². The molecule has 3 nitrogen and oxygen atoms in total. The molecule has 88 valence electrons. The summed E-state index contributed by atoms with van der Waals surface area (Å²) >= 11 is 0. The summed E-state index contributed by atoms with van der Waals surface area (Å²) in [6, 6.07) is 5.63. The third kappa shape index (κ3) is 2.81. The maximum absolute atomic E-state index is 5.91. The van der Waals surface area contributed by atoms with Crippen LogP contribution in [0.4, 0.5) is 5.69 Å². The van der Waals surface area contributed by atoms with Gasteiger partial charge in [0.05, 0.1) is 11.8 Å². The molecule has 2 N–H and O–H groups in total. The van der Waals surface area contributed by atoms with E-state index in [0.717, 1.165) is 18.6 Å². The number of benzene rings is 1. The van der Waals surface area contributed by atoms with Crippen LogP contribution in [0.1, 0.15) is 33.6 Å². The summed E-state index contributed by atoms with van der Waals surface area (Å²) in [5.41, 5.74) is 6.32. The van der Waals surface area contributed by atoms with Crippen molar-refractivity contribution in [1.29, 1.82) is 0 Å². The topological polar surface area (TPSA) is 44.5 Å². The number of hydrogen-bond acceptors (Lipinski definition) is 3. The van der Waals surface area contributed by atoms with E-state index in [1.807, 2.05) is 39.0 Å². The minimum atomic E-state index is -0.241. The van der Waals surface area contributed by atoms with Gasteiger partial charge in [0.1, 0.15) is 5.60 Å². The minimum Gasteiger partial charge on any atom is -0.484 e. The smallest absolute Gasteiger partial charge is 0.184 e. The van der Waals surface area contributed by atoms with Gasteiger partial charge in [0.25, 0.3) is 0 Å². The monoisotopic (exact) mass is 221 g/mol. The van der Waals surface area contributed by atoms with Crippen molar-refractivity contribution in [3.63, 3.8) is 0 Å². The number of anilines is 1. The molecule has 0 saturated heterocycles. The van der Waals surface area contributed by atoms with Crippen LogP contribution in [-0.4, -0.2) is 11.7 Å². The highest BCUT2D eigenvalue weighted by Crippen LogP contribution is 2.39. The molecule has 0 aliphatic heterocycles. The van der Waals surface area contributed by atoms with Crippen molar-refractivity contribution in [3.05, 3.63) is 18.2 Å². The Morgan fingerprint density at radius 1 is 1.25 bits per heavy atom. The van der Waals surface area contributed by atoms with Gasteiger partial charge in [-0.3, -0.25) is 0 Å². The summed E-state index contributed by atoms with van der Waals surface area (Å²) in [4.78, 5) is 0. The molecule has 1 aromatic carbocycles. The zero-order valence-corrected chi connectivity index (χ0v) is 10.1. The number of ether oxygens (including phenoxy) is 2. The SMILES string of the molecule is CC(C)(C)Oc1cccc(N)c1OC1CC1. The fourth-order valence-corrected chi connectivity index (χ4v) is 1.42. The molecule has 0 aromatic heterocycles. The molecule has 0 unspecified atom stereocenters. The Hall–Kier alpha value is -1.38. The molecule has 0 atom stereocenters. The van der Waals surface area contributed by atoms with Crippen molar-refractivity contribution in [2.45, 2.75) is 45.3 Å². The highest BCUT2D eigenvalue weighted by Gasteiger charge is 2.27. The maximum Gasteiger partial charge on any atom is 0.184 e. The largest absolute Gasteiger partial charge is 0.484 e. The predicted molar refractivity (Wildman–Crippen MR) is 64.9 cm³/mol. The van der Waals surface area contributed by atoms with Crippen molar-refractivity contribution in [3.8, 4) is 11.5 Å². The second kappa shape index (κ2) is 3.89. The Morgan fingerprint density at radius 3 is 2.50 bits per heavy atom. The van der Waals surface area contributed by atoms with Crippen molar-refractivity contribution in [2.24, 2.45) is 0 Å².